The van der Waals surface area contributed by atoms with Gasteiger partial charge in [-0.15, -0.1) is 5.10 Å². The minimum atomic E-state index is 0.550. The molecule has 0 fully saturated rings. The van der Waals surface area contributed by atoms with Gasteiger partial charge < -0.3 is 10.1 Å². The van der Waals surface area contributed by atoms with Crippen LogP contribution in [0.2, 0.25) is 5.02 Å². The molecule has 0 radical (unpaired) electrons. The van der Waals surface area contributed by atoms with Crippen LogP contribution in [0.1, 0.15) is 19.8 Å². The summed E-state index contributed by atoms with van der Waals surface area (Å²) in [6.07, 6.45) is 1.87. The van der Waals surface area contributed by atoms with Gasteiger partial charge in [0.1, 0.15) is 4.90 Å². The molecular weight excluding hydrogens is 356 g/mol. The largest absolute Gasteiger partial charge is 0.479 e. The maximum absolute atomic E-state index is 6.11. The standard InChI is InChI=1S/C18H21ClN4OS/c1-4-12-11-21-9-8-15(12)23-17(20-2)16(18(22-23)24-3)25-14-7-5-6-13(19)10-14/h5-7,10,21H,2,4,8-9,11H2,1,3H3. The fourth-order valence-corrected chi connectivity index (χ4v) is 4.16. The Hall–Kier alpha value is -1.76. The average molecular weight is 377 g/mol. The van der Waals surface area contributed by atoms with Gasteiger partial charge in [0, 0.05) is 35.1 Å². The smallest absolute Gasteiger partial charge is 0.249 e. The van der Waals surface area contributed by atoms with Crippen molar-refractivity contribution in [1.82, 2.24) is 15.1 Å². The molecule has 2 heterocycles. The van der Waals surface area contributed by atoms with Crippen molar-refractivity contribution in [2.75, 3.05) is 20.2 Å². The Kier molecular flexibility index (Phi) is 5.83. The summed E-state index contributed by atoms with van der Waals surface area (Å²) in [5.41, 5.74) is 2.51. The van der Waals surface area contributed by atoms with Crippen molar-refractivity contribution >= 4 is 41.6 Å². The summed E-state index contributed by atoms with van der Waals surface area (Å²) in [6.45, 7) is 7.72. The van der Waals surface area contributed by atoms with Crippen molar-refractivity contribution in [1.29, 1.82) is 0 Å². The van der Waals surface area contributed by atoms with Crippen LogP contribution in [0.3, 0.4) is 0 Å². The van der Waals surface area contributed by atoms with Gasteiger partial charge in [-0.05, 0) is 36.9 Å². The minimum absolute atomic E-state index is 0.550. The zero-order valence-electron chi connectivity index (χ0n) is 14.4. The van der Waals surface area contributed by atoms with Crippen LogP contribution in [0.25, 0.3) is 5.70 Å². The van der Waals surface area contributed by atoms with E-state index in [1.807, 2.05) is 28.9 Å². The highest BCUT2D eigenvalue weighted by atomic mass is 35.5. The third-order valence-electron chi connectivity index (χ3n) is 4.12. The minimum Gasteiger partial charge on any atom is -0.479 e. The van der Waals surface area contributed by atoms with Gasteiger partial charge in [0.05, 0.1) is 7.11 Å². The van der Waals surface area contributed by atoms with Crippen LogP contribution in [0.5, 0.6) is 5.88 Å². The molecule has 0 saturated heterocycles. The molecule has 132 valence electrons. The number of nitrogens with zero attached hydrogens (tertiary/aromatic N) is 3. The molecule has 0 saturated carbocycles. The Bertz CT molecular complexity index is 815. The Labute approximate surface area is 157 Å². The SMILES string of the molecule is C=Nc1c(Sc2cccc(Cl)c2)c(OC)nn1C1=C(CC)CNCC1. The van der Waals surface area contributed by atoms with Crippen molar-refractivity contribution in [3.8, 4) is 5.88 Å². The monoisotopic (exact) mass is 376 g/mol. The van der Waals surface area contributed by atoms with E-state index < -0.39 is 0 Å². The molecule has 1 N–H and O–H groups in total. The third-order valence-corrected chi connectivity index (χ3v) is 5.40. The van der Waals surface area contributed by atoms with E-state index in [1.54, 1.807) is 7.11 Å². The van der Waals surface area contributed by atoms with Crippen LogP contribution < -0.4 is 10.1 Å². The number of nitrogens with one attached hydrogen (secondary N) is 1. The van der Waals surface area contributed by atoms with Crippen LogP contribution in [0, 0.1) is 0 Å². The van der Waals surface area contributed by atoms with E-state index in [0.717, 1.165) is 35.7 Å². The van der Waals surface area contributed by atoms with Crippen molar-refractivity contribution in [2.45, 2.75) is 29.6 Å². The number of methoxy groups -OCH3 is 1. The van der Waals surface area contributed by atoms with Gasteiger partial charge in [0.25, 0.3) is 0 Å². The lowest BCUT2D eigenvalue weighted by Gasteiger charge is -2.21. The fraction of sp³-hybridized carbons (Fsp3) is 0.333. The zero-order chi connectivity index (χ0) is 17.8. The number of hydrogen-bond acceptors (Lipinski definition) is 5. The quantitative estimate of drug-likeness (QED) is 0.746. The molecule has 5 nitrogen and oxygen atoms in total. The second-order valence-electron chi connectivity index (χ2n) is 5.62. The molecule has 3 rings (SSSR count). The number of rotatable bonds is 6. The predicted octanol–water partition coefficient (Wildman–Crippen LogP) is 4.64. The van der Waals surface area contributed by atoms with Crippen molar-refractivity contribution in [3.05, 3.63) is 34.9 Å². The van der Waals surface area contributed by atoms with Gasteiger partial charge in [-0.25, -0.2) is 9.67 Å². The average Bonchev–Trinajstić information content (AvgIpc) is 2.99. The van der Waals surface area contributed by atoms with E-state index in [-0.39, 0.29) is 0 Å². The summed E-state index contributed by atoms with van der Waals surface area (Å²) in [4.78, 5) is 6.12. The lowest BCUT2D eigenvalue weighted by atomic mass is 10.1. The van der Waals surface area contributed by atoms with Crippen molar-refractivity contribution < 1.29 is 4.74 Å². The molecule has 0 atom stereocenters. The molecule has 1 aromatic heterocycles. The van der Waals surface area contributed by atoms with Crippen molar-refractivity contribution in [3.63, 3.8) is 0 Å². The van der Waals surface area contributed by atoms with Crippen LogP contribution in [0.4, 0.5) is 5.82 Å². The summed E-state index contributed by atoms with van der Waals surface area (Å²) in [7, 11) is 1.62. The Morgan fingerprint density at radius 1 is 1.48 bits per heavy atom. The molecule has 2 aromatic rings. The first-order valence-electron chi connectivity index (χ1n) is 8.17. The molecule has 1 aliphatic rings. The number of ether oxygens (including phenoxy) is 1. The summed E-state index contributed by atoms with van der Waals surface area (Å²) < 4.78 is 7.41. The van der Waals surface area contributed by atoms with E-state index >= 15 is 0 Å². The van der Waals surface area contributed by atoms with E-state index in [9.17, 15) is 0 Å². The molecule has 0 aliphatic carbocycles. The summed E-state index contributed by atoms with van der Waals surface area (Å²) in [5.74, 6) is 1.26. The molecule has 0 unspecified atom stereocenters. The molecule has 7 heteroatoms. The maximum Gasteiger partial charge on any atom is 0.249 e. The van der Waals surface area contributed by atoms with Gasteiger partial charge >= 0.3 is 0 Å². The highest BCUT2D eigenvalue weighted by molar-refractivity contribution is 7.99. The van der Waals surface area contributed by atoms with E-state index in [4.69, 9.17) is 16.3 Å². The number of aromatic nitrogens is 2. The molecule has 0 bridgehead atoms. The normalized spacial score (nSPS) is 14.7. The Morgan fingerprint density at radius 2 is 2.32 bits per heavy atom. The van der Waals surface area contributed by atoms with E-state index in [1.165, 1.54) is 23.0 Å². The summed E-state index contributed by atoms with van der Waals surface area (Å²) >= 11 is 7.64. The topological polar surface area (TPSA) is 51.4 Å². The first-order valence-corrected chi connectivity index (χ1v) is 9.36. The van der Waals surface area contributed by atoms with Crippen LogP contribution in [0.15, 0.2) is 44.6 Å². The second-order valence-corrected chi connectivity index (χ2v) is 7.14. The lowest BCUT2D eigenvalue weighted by Crippen LogP contribution is -2.26. The van der Waals surface area contributed by atoms with Gasteiger partial charge in [-0.3, -0.25) is 0 Å². The number of halogens is 1. The molecule has 1 aliphatic heterocycles. The number of benzene rings is 1. The lowest BCUT2D eigenvalue weighted by molar-refractivity contribution is 0.385. The molecular formula is C18H21ClN4OS. The highest BCUT2D eigenvalue weighted by Gasteiger charge is 2.24. The van der Waals surface area contributed by atoms with Gasteiger partial charge in [-0.1, -0.05) is 36.4 Å². The van der Waals surface area contributed by atoms with E-state index in [0.29, 0.717) is 16.7 Å². The first kappa shape index (κ1) is 18.0. The number of aliphatic imine (C=N–C) groups is 1. The predicted molar refractivity (Wildman–Crippen MR) is 105 cm³/mol. The van der Waals surface area contributed by atoms with Gasteiger partial charge in [-0.2, -0.15) is 0 Å². The highest BCUT2D eigenvalue weighted by Crippen LogP contribution is 2.44. The fourth-order valence-electron chi connectivity index (χ4n) is 2.88. The van der Waals surface area contributed by atoms with Gasteiger partial charge in [0.15, 0.2) is 5.82 Å². The van der Waals surface area contributed by atoms with Crippen molar-refractivity contribution in [2.24, 2.45) is 4.99 Å². The van der Waals surface area contributed by atoms with Crippen LogP contribution in [-0.4, -0.2) is 36.7 Å². The van der Waals surface area contributed by atoms with Gasteiger partial charge in [0.2, 0.25) is 5.88 Å². The summed E-state index contributed by atoms with van der Waals surface area (Å²) in [5, 5.41) is 8.76. The van der Waals surface area contributed by atoms with Crippen LogP contribution >= 0.6 is 23.4 Å². The second kappa shape index (κ2) is 8.08. The molecule has 0 amide bonds. The van der Waals surface area contributed by atoms with Crippen LogP contribution in [-0.2, 0) is 0 Å². The third kappa shape index (κ3) is 3.76. The molecule has 25 heavy (non-hydrogen) atoms. The summed E-state index contributed by atoms with van der Waals surface area (Å²) in [6, 6.07) is 7.69. The van der Waals surface area contributed by atoms with E-state index in [2.05, 4.69) is 29.0 Å². The Balaban J connectivity index is 2.08. The maximum atomic E-state index is 6.11. The molecule has 0 spiro atoms. The molecule has 1 aromatic carbocycles. The number of hydrogen-bond donors (Lipinski definition) is 1. The first-order chi connectivity index (χ1) is 12.2. The Morgan fingerprint density at radius 3 is 3.00 bits per heavy atom. The zero-order valence-corrected chi connectivity index (χ0v) is 16.0.